The molecule has 0 N–H and O–H groups in total. The molecule has 2 saturated heterocycles. The molecule has 168 valence electrons. The molecule has 0 saturated carbocycles. The maximum atomic E-state index is 13.1. The molecule has 5 heteroatoms. The zero-order valence-corrected chi connectivity index (χ0v) is 19.0. The molecule has 5 nitrogen and oxygen atoms in total. The van der Waals surface area contributed by atoms with Crippen molar-refractivity contribution < 1.29 is 4.74 Å². The van der Waals surface area contributed by atoms with Crippen molar-refractivity contribution in [2.75, 3.05) is 37.7 Å². The highest BCUT2D eigenvalue weighted by Crippen LogP contribution is 2.26. The third-order valence-electron chi connectivity index (χ3n) is 6.96. The van der Waals surface area contributed by atoms with Crippen molar-refractivity contribution in [2.45, 2.75) is 45.1 Å². The molecule has 0 amide bonds. The van der Waals surface area contributed by atoms with Gasteiger partial charge in [-0.2, -0.15) is 0 Å². The van der Waals surface area contributed by atoms with Gasteiger partial charge in [0.2, 0.25) is 0 Å². The predicted molar refractivity (Wildman–Crippen MR) is 131 cm³/mol. The molecule has 1 aromatic heterocycles. The number of aromatic nitrogens is 1. The number of unbranched alkanes of at least 4 members (excludes halogenated alkanes) is 1. The molecule has 3 aromatic rings. The topological polar surface area (TPSA) is 37.7 Å². The number of rotatable bonds is 7. The van der Waals surface area contributed by atoms with Gasteiger partial charge in [-0.1, -0.05) is 13.3 Å². The zero-order valence-electron chi connectivity index (χ0n) is 19.0. The number of hydrogen-bond donors (Lipinski definition) is 0. The first kappa shape index (κ1) is 21.1. The van der Waals surface area contributed by atoms with Crippen LogP contribution in [0, 0.1) is 0 Å². The lowest BCUT2D eigenvalue weighted by molar-refractivity contribution is 0.260. The molecule has 0 bridgehead atoms. The molecular weight excluding hydrogens is 398 g/mol. The summed E-state index contributed by atoms with van der Waals surface area (Å²) < 4.78 is 7.53. The summed E-state index contributed by atoms with van der Waals surface area (Å²) in [6.07, 6.45) is 7.95. The number of fused-ring (bicyclic) bond motifs is 1. The highest BCUT2D eigenvalue weighted by Gasteiger charge is 2.29. The van der Waals surface area contributed by atoms with Crippen LogP contribution in [0.1, 0.15) is 39.0 Å². The fourth-order valence-electron chi connectivity index (χ4n) is 5.06. The molecule has 0 aliphatic carbocycles. The van der Waals surface area contributed by atoms with Crippen LogP contribution in [0.2, 0.25) is 0 Å². The molecule has 32 heavy (non-hydrogen) atoms. The second-order valence-corrected chi connectivity index (χ2v) is 9.09. The van der Waals surface area contributed by atoms with Crippen LogP contribution in [0.25, 0.3) is 16.5 Å². The van der Waals surface area contributed by atoms with Crippen LogP contribution in [-0.4, -0.2) is 48.3 Å². The fraction of sp³-hybridized carbons (Fsp3) is 0.444. The summed E-state index contributed by atoms with van der Waals surface area (Å²) in [5.74, 6) is 0.824. The number of ether oxygens (including phenoxy) is 1. The monoisotopic (exact) mass is 431 g/mol. The van der Waals surface area contributed by atoms with Gasteiger partial charge >= 0.3 is 0 Å². The summed E-state index contributed by atoms with van der Waals surface area (Å²) in [4.78, 5) is 18.3. The van der Waals surface area contributed by atoms with Gasteiger partial charge in [-0.05, 0) is 92.7 Å². The Labute approximate surface area is 190 Å². The van der Waals surface area contributed by atoms with Gasteiger partial charge in [-0.3, -0.25) is 14.3 Å². The van der Waals surface area contributed by atoms with Crippen molar-refractivity contribution in [3.63, 3.8) is 0 Å². The standard InChI is InChI=1S/C27H33N3O2/c1-2-3-18-32-25-10-11-26-21(19-25)12-17-30(27(26)31)23-8-6-22(7-9-23)29-16-13-24(20-29)28-14-4-5-15-28/h6-12,17,19,24H,2-5,13-16,18,20H2,1H3/t24-/m1/s1. The van der Waals surface area contributed by atoms with Crippen LogP contribution in [0.5, 0.6) is 5.75 Å². The van der Waals surface area contributed by atoms with Crippen molar-refractivity contribution in [2.24, 2.45) is 0 Å². The maximum absolute atomic E-state index is 13.1. The molecule has 1 atom stereocenters. The Kier molecular flexibility index (Phi) is 6.17. The minimum atomic E-state index is 0.00521. The Bertz CT molecular complexity index is 1120. The number of nitrogens with zero attached hydrogens (tertiary/aromatic N) is 3. The van der Waals surface area contributed by atoms with Crippen LogP contribution in [-0.2, 0) is 0 Å². The van der Waals surface area contributed by atoms with Crippen LogP contribution < -0.4 is 15.2 Å². The minimum Gasteiger partial charge on any atom is -0.494 e. The van der Waals surface area contributed by atoms with Crippen LogP contribution in [0.4, 0.5) is 5.69 Å². The summed E-state index contributed by atoms with van der Waals surface area (Å²) in [5, 5.41) is 1.63. The average molecular weight is 432 g/mol. The molecular formula is C27H33N3O2. The van der Waals surface area contributed by atoms with E-state index in [9.17, 15) is 4.79 Å². The van der Waals surface area contributed by atoms with E-state index >= 15 is 0 Å². The molecule has 0 spiro atoms. The van der Waals surface area contributed by atoms with E-state index < -0.39 is 0 Å². The Hall–Kier alpha value is -2.79. The maximum Gasteiger partial charge on any atom is 0.262 e. The van der Waals surface area contributed by atoms with Gasteiger partial charge < -0.3 is 9.64 Å². The Balaban J connectivity index is 1.32. The molecule has 2 fully saturated rings. The predicted octanol–water partition coefficient (Wildman–Crippen LogP) is 4.84. The second-order valence-electron chi connectivity index (χ2n) is 9.09. The van der Waals surface area contributed by atoms with E-state index in [0.29, 0.717) is 18.0 Å². The van der Waals surface area contributed by atoms with Crippen LogP contribution >= 0.6 is 0 Å². The molecule has 5 rings (SSSR count). The summed E-state index contributed by atoms with van der Waals surface area (Å²) in [6, 6.07) is 16.9. The Morgan fingerprint density at radius 1 is 0.969 bits per heavy atom. The van der Waals surface area contributed by atoms with Crippen molar-refractivity contribution >= 4 is 16.5 Å². The Morgan fingerprint density at radius 3 is 2.53 bits per heavy atom. The second kappa shape index (κ2) is 9.37. The lowest BCUT2D eigenvalue weighted by Crippen LogP contribution is -2.35. The zero-order chi connectivity index (χ0) is 21.9. The van der Waals surface area contributed by atoms with E-state index in [2.05, 4.69) is 41.0 Å². The van der Waals surface area contributed by atoms with Crippen molar-refractivity contribution in [1.82, 2.24) is 9.47 Å². The summed E-state index contributed by atoms with van der Waals surface area (Å²) in [5.41, 5.74) is 2.16. The highest BCUT2D eigenvalue weighted by atomic mass is 16.5. The third kappa shape index (κ3) is 4.26. The lowest BCUT2D eigenvalue weighted by Gasteiger charge is -2.24. The van der Waals surface area contributed by atoms with Crippen LogP contribution in [0.15, 0.2) is 59.5 Å². The number of benzene rings is 2. The lowest BCUT2D eigenvalue weighted by atomic mass is 10.1. The van der Waals surface area contributed by atoms with Gasteiger partial charge in [0.25, 0.3) is 5.56 Å². The first-order valence-electron chi connectivity index (χ1n) is 12.1. The highest BCUT2D eigenvalue weighted by molar-refractivity contribution is 5.83. The summed E-state index contributed by atoms with van der Waals surface area (Å²) >= 11 is 0. The summed E-state index contributed by atoms with van der Waals surface area (Å²) in [7, 11) is 0. The van der Waals surface area contributed by atoms with Gasteiger partial charge in [0.05, 0.1) is 6.61 Å². The molecule has 0 radical (unpaired) electrons. The van der Waals surface area contributed by atoms with Gasteiger partial charge in [0, 0.05) is 42.1 Å². The summed E-state index contributed by atoms with van der Waals surface area (Å²) in [6.45, 7) is 7.59. The largest absolute Gasteiger partial charge is 0.494 e. The van der Waals surface area contributed by atoms with Gasteiger partial charge in [0.1, 0.15) is 5.75 Å². The number of hydrogen-bond acceptors (Lipinski definition) is 4. The normalized spacial score (nSPS) is 19.2. The molecule has 3 heterocycles. The third-order valence-corrected chi connectivity index (χ3v) is 6.96. The molecule has 2 aromatic carbocycles. The number of likely N-dealkylation sites (tertiary alicyclic amines) is 1. The van der Waals surface area contributed by atoms with Gasteiger partial charge in [0.15, 0.2) is 0 Å². The van der Waals surface area contributed by atoms with Crippen LogP contribution in [0.3, 0.4) is 0 Å². The molecule has 2 aliphatic heterocycles. The van der Waals surface area contributed by atoms with E-state index in [1.54, 1.807) is 4.57 Å². The first-order valence-corrected chi connectivity index (χ1v) is 12.1. The van der Waals surface area contributed by atoms with Gasteiger partial charge in [-0.25, -0.2) is 0 Å². The van der Waals surface area contributed by atoms with E-state index in [-0.39, 0.29) is 5.56 Å². The fourth-order valence-corrected chi connectivity index (χ4v) is 5.06. The molecule has 0 unspecified atom stereocenters. The minimum absolute atomic E-state index is 0.00521. The first-order chi connectivity index (χ1) is 15.7. The smallest absolute Gasteiger partial charge is 0.262 e. The van der Waals surface area contributed by atoms with Gasteiger partial charge in [-0.15, -0.1) is 0 Å². The van der Waals surface area contributed by atoms with E-state index in [1.165, 1.54) is 38.0 Å². The van der Waals surface area contributed by atoms with E-state index in [1.807, 2.05) is 30.5 Å². The van der Waals surface area contributed by atoms with Crippen molar-refractivity contribution in [3.05, 3.63) is 65.1 Å². The quantitative estimate of drug-likeness (QED) is 0.502. The molecule has 2 aliphatic rings. The average Bonchev–Trinajstić information content (AvgIpc) is 3.52. The number of pyridine rings is 1. The Morgan fingerprint density at radius 2 is 1.75 bits per heavy atom. The van der Waals surface area contributed by atoms with Crippen molar-refractivity contribution in [3.8, 4) is 11.4 Å². The van der Waals surface area contributed by atoms with E-state index in [4.69, 9.17) is 4.74 Å². The SMILES string of the molecule is CCCCOc1ccc2c(=O)n(-c3ccc(N4CC[C@@H](N5CCCC5)C4)cc3)ccc2c1. The van der Waals surface area contributed by atoms with Crippen molar-refractivity contribution in [1.29, 1.82) is 0 Å². The van der Waals surface area contributed by atoms with E-state index in [0.717, 1.165) is 42.8 Å². The number of anilines is 1.